The lowest BCUT2D eigenvalue weighted by molar-refractivity contribution is -0.358. The van der Waals surface area contributed by atoms with Crippen LogP contribution in [0, 0.1) is 10.8 Å². The molecule has 11 atom stereocenters. The van der Waals surface area contributed by atoms with E-state index in [2.05, 4.69) is 54.6 Å². The highest BCUT2D eigenvalue weighted by atomic mass is 28.4. The molecule has 16 nitrogen and oxygen atoms in total. The van der Waals surface area contributed by atoms with Crippen LogP contribution in [0.25, 0.3) is 0 Å². The SMILES string of the molecule is CC[Si](CC)(CC)O[C@H]1CC(=O)O[C@@H]([C@@H](C)O[Si](C)(C)C(C)(C)C)C[C@@H]2C/C(=C\C(=O)OC)[C@@H](O)[C@](OC)(O2)C(C)(C)/C=C/[C@H]2C/C(=C\C(=O)OC)C[C@@H](C[C@]3(OC)O[C@H](C1)C[C@H](OC(C)=O)C3(C)C)O2. The number of ether oxygens (including phenoxy) is 9. The molecule has 1 N–H and O–H groups in total. The number of carbonyl (C=O) groups is 4. The highest BCUT2D eigenvalue weighted by molar-refractivity contribution is 6.74. The molecule has 0 unspecified atom stereocenters. The van der Waals surface area contributed by atoms with Crippen LogP contribution in [-0.4, -0.2) is 141 Å². The monoisotopic (exact) mass is 1040 g/mol. The highest BCUT2D eigenvalue weighted by Gasteiger charge is 2.60. The first-order chi connectivity index (χ1) is 32.9. The van der Waals surface area contributed by atoms with Gasteiger partial charge in [-0.1, -0.05) is 87.0 Å². The number of carbonyl (C=O) groups excluding carboxylic acids is 4. The van der Waals surface area contributed by atoms with Gasteiger partial charge in [-0.25, -0.2) is 9.59 Å². The summed E-state index contributed by atoms with van der Waals surface area (Å²) < 4.78 is 71.0. The van der Waals surface area contributed by atoms with E-state index in [9.17, 15) is 24.3 Å². The Morgan fingerprint density at radius 3 is 2.01 bits per heavy atom. The maximum Gasteiger partial charge on any atom is 0.330 e. The van der Waals surface area contributed by atoms with Crippen molar-refractivity contribution in [3.05, 3.63) is 35.5 Å². The summed E-state index contributed by atoms with van der Waals surface area (Å²) in [7, 11) is 0.748. The molecule has 71 heavy (non-hydrogen) atoms. The largest absolute Gasteiger partial charge is 0.466 e. The summed E-state index contributed by atoms with van der Waals surface area (Å²) in [6.45, 7) is 28.0. The molecule has 0 spiro atoms. The Labute approximate surface area is 426 Å². The predicted octanol–water partition coefficient (Wildman–Crippen LogP) is 9.18. The van der Waals surface area contributed by atoms with Gasteiger partial charge >= 0.3 is 23.9 Å². The summed E-state index contributed by atoms with van der Waals surface area (Å²) >= 11 is 0. The third-order valence-corrected chi connectivity index (χ3v) is 25.7. The molecule has 0 amide bonds. The second-order valence-corrected chi connectivity index (χ2v) is 32.3. The van der Waals surface area contributed by atoms with E-state index in [0.717, 1.165) is 23.7 Å². The average Bonchev–Trinajstić information content (AvgIpc) is 3.28. The molecule has 3 fully saturated rings. The van der Waals surface area contributed by atoms with Crippen molar-refractivity contribution in [1.29, 1.82) is 0 Å². The molecule has 6 bridgehead atoms. The first-order valence-electron chi connectivity index (χ1n) is 25.7. The number of cyclic esters (lactones) is 1. The van der Waals surface area contributed by atoms with Gasteiger partial charge in [0.1, 0.15) is 18.3 Å². The van der Waals surface area contributed by atoms with Gasteiger partial charge in [0, 0.05) is 58.0 Å². The van der Waals surface area contributed by atoms with Crippen molar-refractivity contribution >= 4 is 40.5 Å². The fourth-order valence-corrected chi connectivity index (χ4v) is 15.0. The van der Waals surface area contributed by atoms with E-state index in [1.54, 1.807) is 7.11 Å². The lowest BCUT2D eigenvalue weighted by Crippen LogP contribution is -2.63. The fraction of sp³-hybridized carbons (Fsp3) is 0.811. The number of aliphatic hydroxyl groups excluding tert-OH is 1. The maximum absolute atomic E-state index is 14.8. The van der Waals surface area contributed by atoms with Gasteiger partial charge in [0.2, 0.25) is 5.79 Å². The Kier molecular flexibility index (Phi) is 20.8. The Bertz CT molecular complexity index is 1930. The third kappa shape index (κ3) is 14.1. The minimum Gasteiger partial charge on any atom is -0.466 e. The van der Waals surface area contributed by atoms with Crippen molar-refractivity contribution < 1.29 is 75.8 Å². The van der Waals surface area contributed by atoms with Gasteiger partial charge in [0.05, 0.1) is 62.7 Å². The molecule has 18 heteroatoms. The van der Waals surface area contributed by atoms with Gasteiger partial charge in [0.25, 0.3) is 0 Å². The molecule has 0 radical (unpaired) electrons. The summed E-state index contributed by atoms with van der Waals surface area (Å²) in [5.41, 5.74) is -1.01. The molecular weight excluding hydrogens is 949 g/mol. The van der Waals surface area contributed by atoms with Gasteiger partial charge in [0.15, 0.2) is 22.4 Å². The van der Waals surface area contributed by atoms with Crippen molar-refractivity contribution in [2.24, 2.45) is 10.8 Å². The standard InChI is InChI=1S/C53H90O16Si2/c1-19-71(20-2,21-3)69-41-29-40-31-44(63-35(5)54)51(11,12)52(61-15,66-40)33-42-25-36(26-45(55)59-13)24-38(64-42)22-23-50(9,10)53(62-16)48(58)37(28-46(56)60-14)27-39(67-53)30-43(65-47(57)32-41)34(4)68-70(17,18)49(6,7)8/h22-23,26,28,34,38-44,48,58H,19-21,24-25,27,29-33H2,1-18H3/b23-22+,36-26+,37-28+/t34-,38+,39+,40-,41-,42+,43-,44+,48-,52+,53+/m1/s1. The molecular formula is C53H90O16Si2. The molecule has 0 aliphatic carbocycles. The Morgan fingerprint density at radius 2 is 1.46 bits per heavy atom. The van der Waals surface area contributed by atoms with Gasteiger partial charge in [-0.2, -0.15) is 0 Å². The lowest BCUT2D eigenvalue weighted by Gasteiger charge is -2.55. The third-order valence-electron chi connectivity index (χ3n) is 16.4. The second-order valence-electron chi connectivity index (χ2n) is 22.8. The van der Waals surface area contributed by atoms with E-state index in [4.69, 9.17) is 51.5 Å². The van der Waals surface area contributed by atoms with Crippen LogP contribution in [0.4, 0.5) is 0 Å². The van der Waals surface area contributed by atoms with Gasteiger partial charge < -0.3 is 56.6 Å². The van der Waals surface area contributed by atoms with Crippen molar-refractivity contribution in [3.8, 4) is 0 Å². The number of esters is 4. The first kappa shape index (κ1) is 60.8. The Morgan fingerprint density at radius 1 is 0.845 bits per heavy atom. The zero-order valence-corrected chi connectivity index (χ0v) is 48.4. The highest BCUT2D eigenvalue weighted by Crippen LogP contribution is 2.52. The van der Waals surface area contributed by atoms with Crippen LogP contribution in [0.3, 0.4) is 0 Å². The molecule has 0 aromatic carbocycles. The maximum atomic E-state index is 14.8. The zero-order valence-electron chi connectivity index (χ0n) is 46.4. The summed E-state index contributed by atoms with van der Waals surface area (Å²) in [6.07, 6.45) is 1.05. The van der Waals surface area contributed by atoms with Gasteiger partial charge in [-0.15, -0.1) is 0 Å². The van der Waals surface area contributed by atoms with Crippen LogP contribution < -0.4 is 0 Å². The molecule has 0 aromatic rings. The van der Waals surface area contributed by atoms with Crippen LogP contribution in [0.2, 0.25) is 36.3 Å². The first-order valence-corrected chi connectivity index (χ1v) is 31.1. The lowest BCUT2D eigenvalue weighted by atomic mass is 9.70. The summed E-state index contributed by atoms with van der Waals surface area (Å²) in [5, 5.41) is 12.2. The topological polar surface area (TPSA) is 190 Å². The number of methoxy groups -OCH3 is 4. The van der Waals surface area contributed by atoms with Crippen LogP contribution in [0.1, 0.15) is 134 Å². The van der Waals surface area contributed by atoms with E-state index in [0.29, 0.717) is 24.8 Å². The van der Waals surface area contributed by atoms with Gasteiger partial charge in [-0.05, 0) is 74.4 Å². The predicted molar refractivity (Wildman–Crippen MR) is 273 cm³/mol. The number of hydrogen-bond acceptors (Lipinski definition) is 16. The molecule has 4 heterocycles. The average molecular weight is 1040 g/mol. The van der Waals surface area contributed by atoms with Crippen molar-refractivity contribution in [1.82, 2.24) is 0 Å². The van der Waals surface area contributed by atoms with Crippen LogP contribution in [0.5, 0.6) is 0 Å². The summed E-state index contributed by atoms with van der Waals surface area (Å²) in [5.74, 6) is -5.36. The summed E-state index contributed by atoms with van der Waals surface area (Å²) in [4.78, 5) is 53.5. The minimum atomic E-state index is -2.46. The molecule has 3 saturated heterocycles. The molecule has 4 rings (SSSR count). The van der Waals surface area contributed by atoms with Gasteiger partial charge in [-0.3, -0.25) is 9.59 Å². The van der Waals surface area contributed by atoms with Crippen LogP contribution >= 0.6 is 0 Å². The van der Waals surface area contributed by atoms with Crippen molar-refractivity contribution in [3.63, 3.8) is 0 Å². The Hall–Kier alpha value is -2.79. The molecule has 0 aromatic heterocycles. The quantitative estimate of drug-likeness (QED) is 0.0603. The zero-order chi connectivity index (χ0) is 53.5. The van der Waals surface area contributed by atoms with E-state index >= 15 is 0 Å². The smallest absolute Gasteiger partial charge is 0.330 e. The van der Waals surface area contributed by atoms with Crippen molar-refractivity contribution in [2.75, 3.05) is 28.4 Å². The normalized spacial score (nSPS) is 34.1. The minimum absolute atomic E-state index is 0.0839. The fourth-order valence-electron chi connectivity index (χ4n) is 10.7. The van der Waals surface area contributed by atoms with E-state index in [-0.39, 0.29) is 37.1 Å². The van der Waals surface area contributed by atoms with Crippen LogP contribution in [0.15, 0.2) is 35.5 Å². The van der Waals surface area contributed by atoms with E-state index in [1.807, 2.05) is 46.8 Å². The number of aliphatic hydroxyl groups is 1. The number of rotatable bonds is 13. The molecule has 0 saturated carbocycles. The Balaban J connectivity index is 2.02. The number of fused-ring (bicyclic) bond motifs is 6. The molecule has 406 valence electrons. The summed E-state index contributed by atoms with van der Waals surface area (Å²) in [6, 6.07) is 2.46. The van der Waals surface area contributed by atoms with E-state index in [1.165, 1.54) is 40.4 Å². The van der Waals surface area contributed by atoms with Crippen LogP contribution in [-0.2, 0) is 70.7 Å². The molecule has 4 aliphatic heterocycles. The van der Waals surface area contributed by atoms with Crippen molar-refractivity contribution in [2.45, 2.75) is 237 Å². The van der Waals surface area contributed by atoms with E-state index < -0.39 is 118 Å². The number of hydrogen-bond donors (Lipinski definition) is 1. The molecule has 4 aliphatic rings. The second kappa shape index (κ2) is 24.3.